The molecule has 24 heavy (non-hydrogen) atoms. The summed E-state index contributed by atoms with van der Waals surface area (Å²) in [5.74, 6) is 0. The van der Waals surface area contributed by atoms with Gasteiger partial charge >= 0.3 is 0 Å². The van der Waals surface area contributed by atoms with E-state index in [0.29, 0.717) is 11.6 Å². The Morgan fingerprint density at radius 1 is 1.21 bits per heavy atom. The van der Waals surface area contributed by atoms with Crippen LogP contribution >= 0.6 is 11.6 Å². The number of ether oxygens (including phenoxy) is 1. The largest absolute Gasteiger partial charge is 0.378 e. The molecule has 0 saturated heterocycles. The number of methoxy groups -OCH3 is 1. The molecule has 0 N–H and O–H groups in total. The van der Waals surface area contributed by atoms with Crippen molar-refractivity contribution in [1.82, 2.24) is 14.6 Å². The molecule has 0 aliphatic heterocycles. The van der Waals surface area contributed by atoms with Gasteiger partial charge in [-0.25, -0.2) is 9.50 Å². The van der Waals surface area contributed by atoms with Gasteiger partial charge in [0.15, 0.2) is 5.65 Å². The lowest BCUT2D eigenvalue weighted by Gasteiger charge is -2.08. The summed E-state index contributed by atoms with van der Waals surface area (Å²) in [6, 6.07) is 7.86. The van der Waals surface area contributed by atoms with Crippen LogP contribution in [0.4, 0.5) is 0 Å². The summed E-state index contributed by atoms with van der Waals surface area (Å²) < 4.78 is 7.41. The molecular formula is C19H20ClN3O. The predicted molar refractivity (Wildman–Crippen MR) is 95.4 cm³/mol. The highest BCUT2D eigenvalue weighted by molar-refractivity contribution is 6.30. The fourth-order valence-corrected chi connectivity index (χ4v) is 3.74. The van der Waals surface area contributed by atoms with Gasteiger partial charge in [0, 0.05) is 24.0 Å². The predicted octanol–water partition coefficient (Wildman–Crippen LogP) is 4.47. The molecule has 0 saturated carbocycles. The minimum Gasteiger partial charge on any atom is -0.378 e. The van der Waals surface area contributed by atoms with E-state index in [2.05, 4.69) is 6.07 Å². The summed E-state index contributed by atoms with van der Waals surface area (Å²) in [4.78, 5) is 4.75. The molecule has 1 aromatic carbocycles. The quantitative estimate of drug-likeness (QED) is 0.660. The van der Waals surface area contributed by atoms with Gasteiger partial charge in [-0.3, -0.25) is 0 Å². The summed E-state index contributed by atoms with van der Waals surface area (Å²) in [7, 11) is 1.69. The first-order valence-electron chi connectivity index (χ1n) is 8.41. The molecule has 0 unspecified atom stereocenters. The van der Waals surface area contributed by atoms with Crippen LogP contribution in [0.2, 0.25) is 5.02 Å². The number of rotatable bonds is 3. The highest BCUT2D eigenvalue weighted by Crippen LogP contribution is 2.32. The fraction of sp³-hybridized carbons (Fsp3) is 0.368. The zero-order valence-electron chi connectivity index (χ0n) is 13.8. The van der Waals surface area contributed by atoms with E-state index in [-0.39, 0.29) is 0 Å². The number of hydrogen-bond donors (Lipinski definition) is 0. The minimum atomic E-state index is 0.458. The Bertz CT molecular complexity index is 888. The molecule has 1 aliphatic rings. The van der Waals surface area contributed by atoms with E-state index in [1.165, 1.54) is 30.5 Å². The van der Waals surface area contributed by atoms with Crippen molar-refractivity contribution in [2.24, 2.45) is 0 Å². The zero-order chi connectivity index (χ0) is 16.5. The first-order valence-corrected chi connectivity index (χ1v) is 8.79. The van der Waals surface area contributed by atoms with Crippen molar-refractivity contribution >= 4 is 17.2 Å². The fourth-order valence-electron chi connectivity index (χ4n) is 3.55. The van der Waals surface area contributed by atoms with E-state index in [9.17, 15) is 0 Å². The molecule has 0 atom stereocenters. The molecule has 2 heterocycles. The van der Waals surface area contributed by atoms with Gasteiger partial charge in [0.05, 0.1) is 17.9 Å². The standard InChI is InChI=1S/C19H20ClN3O/c1-24-12-16-18(13-7-5-8-15(20)10-13)19-21-11-14-6-3-2-4-9-17(14)23(19)22-16/h5,7-8,10-11H,2-4,6,9,12H2,1H3. The van der Waals surface area contributed by atoms with Gasteiger partial charge in [0.2, 0.25) is 0 Å². The Kier molecular flexibility index (Phi) is 4.25. The smallest absolute Gasteiger partial charge is 0.163 e. The maximum Gasteiger partial charge on any atom is 0.163 e. The number of nitrogens with zero attached hydrogens (tertiary/aromatic N) is 3. The SMILES string of the molecule is COCc1nn2c3c(cnc2c1-c1cccc(Cl)c1)CCCCC3. The van der Waals surface area contributed by atoms with Crippen molar-refractivity contribution in [1.29, 1.82) is 0 Å². The van der Waals surface area contributed by atoms with Crippen LogP contribution in [0.1, 0.15) is 36.2 Å². The summed E-state index contributed by atoms with van der Waals surface area (Å²) in [6.45, 7) is 0.458. The molecule has 0 amide bonds. The van der Waals surface area contributed by atoms with Gasteiger partial charge in [-0.1, -0.05) is 30.2 Å². The van der Waals surface area contributed by atoms with Crippen LogP contribution < -0.4 is 0 Å². The third kappa shape index (κ3) is 2.70. The number of aromatic nitrogens is 3. The second kappa shape index (κ2) is 6.54. The number of fused-ring (bicyclic) bond motifs is 3. The number of hydrogen-bond acceptors (Lipinski definition) is 3. The highest BCUT2D eigenvalue weighted by Gasteiger charge is 2.20. The van der Waals surface area contributed by atoms with Crippen molar-refractivity contribution in [2.45, 2.75) is 38.7 Å². The van der Waals surface area contributed by atoms with Crippen molar-refractivity contribution in [3.05, 3.63) is 52.4 Å². The van der Waals surface area contributed by atoms with E-state index in [1.807, 2.05) is 28.9 Å². The van der Waals surface area contributed by atoms with Gasteiger partial charge < -0.3 is 4.74 Å². The maximum absolute atomic E-state index is 6.20. The molecule has 0 radical (unpaired) electrons. The number of benzene rings is 1. The van der Waals surface area contributed by atoms with Crippen LogP contribution in [0.15, 0.2) is 30.5 Å². The molecule has 0 spiro atoms. The molecule has 124 valence electrons. The molecule has 0 fully saturated rings. The summed E-state index contributed by atoms with van der Waals surface area (Å²) in [5, 5.41) is 5.56. The topological polar surface area (TPSA) is 39.4 Å². The average molecular weight is 342 g/mol. The molecule has 3 aromatic rings. The van der Waals surface area contributed by atoms with Gasteiger partial charge in [-0.05, 0) is 48.9 Å². The van der Waals surface area contributed by atoms with Crippen LogP contribution in [-0.4, -0.2) is 21.7 Å². The molecule has 0 bridgehead atoms. The van der Waals surface area contributed by atoms with Crippen molar-refractivity contribution < 1.29 is 4.74 Å². The number of halogens is 1. The Morgan fingerprint density at radius 3 is 2.92 bits per heavy atom. The van der Waals surface area contributed by atoms with Crippen LogP contribution in [0.3, 0.4) is 0 Å². The highest BCUT2D eigenvalue weighted by atomic mass is 35.5. The van der Waals surface area contributed by atoms with Crippen LogP contribution in [0.25, 0.3) is 16.8 Å². The Labute approximate surface area is 146 Å². The zero-order valence-corrected chi connectivity index (χ0v) is 14.5. The molecule has 2 aromatic heterocycles. The van der Waals surface area contributed by atoms with E-state index < -0.39 is 0 Å². The lowest BCUT2D eigenvalue weighted by Crippen LogP contribution is -2.04. The molecular weight excluding hydrogens is 322 g/mol. The van der Waals surface area contributed by atoms with E-state index in [4.69, 9.17) is 26.4 Å². The first kappa shape index (κ1) is 15.6. The van der Waals surface area contributed by atoms with Crippen molar-refractivity contribution in [2.75, 3.05) is 7.11 Å². The van der Waals surface area contributed by atoms with E-state index in [0.717, 1.165) is 35.3 Å². The van der Waals surface area contributed by atoms with Crippen LogP contribution in [0, 0.1) is 0 Å². The summed E-state index contributed by atoms with van der Waals surface area (Å²) in [5.41, 5.74) is 6.47. The third-order valence-corrected chi connectivity index (χ3v) is 4.89. The number of aryl methyl sites for hydroxylation is 2. The van der Waals surface area contributed by atoms with Gasteiger partial charge in [0.25, 0.3) is 0 Å². The van der Waals surface area contributed by atoms with Crippen molar-refractivity contribution in [3.63, 3.8) is 0 Å². The average Bonchev–Trinajstić information content (AvgIpc) is 2.77. The molecule has 5 heteroatoms. The van der Waals surface area contributed by atoms with Crippen LogP contribution in [-0.2, 0) is 24.2 Å². The monoisotopic (exact) mass is 341 g/mol. The van der Waals surface area contributed by atoms with Gasteiger partial charge in [0.1, 0.15) is 0 Å². The molecule has 4 nitrogen and oxygen atoms in total. The van der Waals surface area contributed by atoms with E-state index >= 15 is 0 Å². The van der Waals surface area contributed by atoms with E-state index in [1.54, 1.807) is 7.11 Å². The third-order valence-electron chi connectivity index (χ3n) is 4.66. The minimum absolute atomic E-state index is 0.458. The molecule has 1 aliphatic carbocycles. The summed E-state index contributed by atoms with van der Waals surface area (Å²) >= 11 is 6.20. The Hall–Kier alpha value is -1.91. The van der Waals surface area contributed by atoms with Crippen molar-refractivity contribution in [3.8, 4) is 11.1 Å². The Balaban J connectivity index is 1.98. The summed E-state index contributed by atoms with van der Waals surface area (Å²) in [6.07, 6.45) is 7.87. The molecule has 4 rings (SSSR count). The second-order valence-electron chi connectivity index (χ2n) is 6.29. The van der Waals surface area contributed by atoms with Gasteiger partial charge in [-0.15, -0.1) is 0 Å². The lowest BCUT2D eigenvalue weighted by atomic mass is 10.1. The second-order valence-corrected chi connectivity index (χ2v) is 6.73. The first-order chi connectivity index (χ1) is 11.8. The maximum atomic E-state index is 6.20. The Morgan fingerprint density at radius 2 is 2.08 bits per heavy atom. The lowest BCUT2D eigenvalue weighted by molar-refractivity contribution is 0.181. The van der Waals surface area contributed by atoms with Gasteiger partial charge in [-0.2, -0.15) is 5.10 Å². The normalized spacial score (nSPS) is 14.6. The van der Waals surface area contributed by atoms with Crippen LogP contribution in [0.5, 0.6) is 0 Å².